The van der Waals surface area contributed by atoms with Crippen LogP contribution in [0, 0.1) is 21.2 Å². The monoisotopic (exact) mass is 566 g/mol. The van der Waals surface area contributed by atoms with E-state index >= 15 is 4.39 Å². The Morgan fingerprint density at radius 3 is 2.39 bits per heavy atom. The van der Waals surface area contributed by atoms with Crippen molar-refractivity contribution in [2.45, 2.75) is 36.3 Å². The number of benzene rings is 1. The molecule has 0 radical (unpaired) electrons. The second-order valence-electron chi connectivity index (χ2n) is 8.06. The van der Waals surface area contributed by atoms with Crippen LogP contribution in [0.2, 0.25) is 0 Å². The van der Waals surface area contributed by atoms with Crippen LogP contribution in [0.1, 0.15) is 31.7 Å². The van der Waals surface area contributed by atoms with Crippen molar-refractivity contribution < 1.29 is 37.0 Å². The van der Waals surface area contributed by atoms with Gasteiger partial charge in [0.1, 0.15) is 17.1 Å². The lowest BCUT2D eigenvalue weighted by atomic mass is 9.62. The first kappa shape index (κ1) is 23.8. The van der Waals surface area contributed by atoms with Gasteiger partial charge in [0.05, 0.1) is 5.75 Å². The molecule has 1 aromatic rings. The van der Waals surface area contributed by atoms with E-state index in [1.54, 1.807) is 6.08 Å². The smallest absolute Gasteiger partial charge is 0.332 e. The molecule has 1 aromatic carbocycles. The third kappa shape index (κ3) is 3.92. The summed E-state index contributed by atoms with van der Waals surface area (Å²) in [6.07, 6.45) is 4.21. The van der Waals surface area contributed by atoms with Gasteiger partial charge in [-0.15, -0.1) is 0 Å². The van der Waals surface area contributed by atoms with E-state index in [9.17, 15) is 32.6 Å². The highest BCUT2D eigenvalue weighted by molar-refractivity contribution is 14.1. The van der Waals surface area contributed by atoms with Gasteiger partial charge >= 0.3 is 11.9 Å². The van der Waals surface area contributed by atoms with Crippen molar-refractivity contribution >= 4 is 44.4 Å². The highest BCUT2D eigenvalue weighted by Crippen LogP contribution is 2.51. The van der Waals surface area contributed by atoms with E-state index in [4.69, 9.17) is 0 Å². The predicted molar refractivity (Wildman–Crippen MR) is 117 cm³/mol. The summed E-state index contributed by atoms with van der Waals surface area (Å²) in [5.41, 5.74) is -2.68. The average Bonchev–Trinajstić information content (AvgIpc) is 3.46. The van der Waals surface area contributed by atoms with Gasteiger partial charge in [-0.3, -0.25) is 9.59 Å². The molecule has 10 heteroatoms. The van der Waals surface area contributed by atoms with Gasteiger partial charge in [0.15, 0.2) is 9.84 Å². The topological polar surface area (TPSA) is 109 Å². The molecule has 2 aliphatic rings. The van der Waals surface area contributed by atoms with Crippen LogP contribution in [-0.4, -0.2) is 41.1 Å². The SMILES string of the molecule is CC1C=C(F)C(C(=O)O)(S(=O)(=O)CC=CC2CC2)CC1(C(=O)O)c1ccc(I)cc1F. The molecule has 0 aromatic heterocycles. The summed E-state index contributed by atoms with van der Waals surface area (Å²) in [6, 6.07) is 3.68. The lowest BCUT2D eigenvalue weighted by Gasteiger charge is -2.44. The summed E-state index contributed by atoms with van der Waals surface area (Å²) in [5.74, 6) is -7.79. The largest absolute Gasteiger partial charge is 0.481 e. The molecule has 1 fully saturated rings. The van der Waals surface area contributed by atoms with Gasteiger partial charge in [-0.25, -0.2) is 17.2 Å². The lowest BCUT2D eigenvalue weighted by molar-refractivity contribution is -0.148. The molecule has 0 amide bonds. The van der Waals surface area contributed by atoms with Crippen molar-refractivity contribution in [2.75, 3.05) is 5.75 Å². The van der Waals surface area contributed by atoms with E-state index in [0.29, 0.717) is 9.65 Å². The molecule has 0 spiro atoms. The minimum atomic E-state index is -4.74. The predicted octanol–water partition coefficient (Wildman–Crippen LogP) is 3.85. The van der Waals surface area contributed by atoms with Crippen molar-refractivity contribution in [1.82, 2.24) is 0 Å². The summed E-state index contributed by atoms with van der Waals surface area (Å²) in [5, 5.41) is 20.0. The zero-order valence-electron chi connectivity index (χ0n) is 16.5. The fourth-order valence-electron chi connectivity index (χ4n) is 4.09. The molecule has 31 heavy (non-hydrogen) atoms. The van der Waals surface area contributed by atoms with E-state index in [1.807, 2.05) is 22.6 Å². The van der Waals surface area contributed by atoms with Crippen LogP contribution >= 0.6 is 22.6 Å². The zero-order chi connectivity index (χ0) is 23.2. The van der Waals surface area contributed by atoms with Crippen molar-refractivity contribution in [2.24, 2.45) is 11.8 Å². The van der Waals surface area contributed by atoms with Gasteiger partial charge in [-0.2, -0.15) is 0 Å². The van der Waals surface area contributed by atoms with Crippen LogP contribution in [0.3, 0.4) is 0 Å². The third-order valence-corrected chi connectivity index (χ3v) is 8.98. The van der Waals surface area contributed by atoms with Crippen LogP contribution in [0.25, 0.3) is 0 Å². The first-order valence-corrected chi connectivity index (χ1v) is 12.3. The second-order valence-corrected chi connectivity index (χ2v) is 11.6. The number of carboxylic acids is 2. The van der Waals surface area contributed by atoms with Crippen LogP contribution in [0.4, 0.5) is 8.78 Å². The van der Waals surface area contributed by atoms with E-state index in [-0.39, 0.29) is 11.5 Å². The Morgan fingerprint density at radius 1 is 1.23 bits per heavy atom. The Kier molecular flexibility index (Phi) is 6.36. The Bertz CT molecular complexity index is 1100. The van der Waals surface area contributed by atoms with Crippen molar-refractivity contribution in [3.05, 3.63) is 57.2 Å². The number of hydrogen-bond acceptors (Lipinski definition) is 4. The minimum Gasteiger partial charge on any atom is -0.481 e. The first-order chi connectivity index (χ1) is 14.4. The number of aliphatic carboxylic acids is 2. The minimum absolute atomic E-state index is 0.210. The van der Waals surface area contributed by atoms with E-state index in [2.05, 4.69) is 0 Å². The maximum absolute atomic E-state index is 15.2. The Morgan fingerprint density at radius 2 is 1.87 bits per heavy atom. The van der Waals surface area contributed by atoms with E-state index in [0.717, 1.165) is 18.9 Å². The van der Waals surface area contributed by atoms with Gasteiger partial charge in [0.2, 0.25) is 4.75 Å². The number of halogens is 3. The number of carbonyl (C=O) groups is 2. The van der Waals surface area contributed by atoms with E-state index in [1.165, 1.54) is 25.1 Å². The number of allylic oxidation sites excluding steroid dienone is 2. The summed E-state index contributed by atoms with van der Waals surface area (Å²) >= 11 is 1.82. The second kappa shape index (κ2) is 8.27. The third-order valence-electron chi connectivity index (χ3n) is 6.10. The molecule has 3 rings (SSSR count). The summed E-state index contributed by atoms with van der Waals surface area (Å²) in [6.45, 7) is 1.30. The summed E-state index contributed by atoms with van der Waals surface area (Å²) in [7, 11) is -4.74. The molecule has 0 heterocycles. The zero-order valence-corrected chi connectivity index (χ0v) is 19.5. The van der Waals surface area contributed by atoms with Gasteiger partial charge in [-0.1, -0.05) is 25.1 Å². The quantitative estimate of drug-likeness (QED) is 0.384. The molecule has 2 aliphatic carbocycles. The van der Waals surface area contributed by atoms with E-state index < -0.39 is 61.7 Å². The molecule has 1 saturated carbocycles. The highest BCUT2D eigenvalue weighted by Gasteiger charge is 2.65. The Balaban J connectivity index is 2.22. The fraction of sp³-hybridized carbons (Fsp3) is 0.429. The van der Waals surface area contributed by atoms with Gasteiger partial charge in [-0.05, 0) is 65.5 Å². The number of hydrogen-bond donors (Lipinski definition) is 2. The maximum Gasteiger partial charge on any atom is 0.332 e. The summed E-state index contributed by atoms with van der Waals surface area (Å²) < 4.78 is 53.7. The van der Waals surface area contributed by atoms with Gasteiger partial charge < -0.3 is 10.2 Å². The van der Waals surface area contributed by atoms with Crippen LogP contribution in [0.5, 0.6) is 0 Å². The highest BCUT2D eigenvalue weighted by atomic mass is 127. The van der Waals surface area contributed by atoms with Crippen molar-refractivity contribution in [1.29, 1.82) is 0 Å². The molecule has 3 unspecified atom stereocenters. The molecule has 3 atom stereocenters. The van der Waals surface area contributed by atoms with Crippen LogP contribution in [0.15, 0.2) is 42.3 Å². The molecule has 0 aliphatic heterocycles. The Labute approximate surface area is 192 Å². The van der Waals surface area contributed by atoms with Crippen LogP contribution in [-0.2, 0) is 24.8 Å². The molecule has 0 bridgehead atoms. The lowest BCUT2D eigenvalue weighted by Crippen LogP contribution is -2.59. The Hall–Kier alpha value is -1.82. The fourth-order valence-corrected chi connectivity index (χ4v) is 6.27. The van der Waals surface area contributed by atoms with Crippen molar-refractivity contribution in [3.63, 3.8) is 0 Å². The number of sulfone groups is 1. The molecule has 0 saturated heterocycles. The van der Waals surface area contributed by atoms with Gasteiger partial charge in [0.25, 0.3) is 0 Å². The molecule has 168 valence electrons. The number of rotatable bonds is 7. The number of carboxylic acid groups (broad SMARTS) is 2. The van der Waals surface area contributed by atoms with Crippen LogP contribution < -0.4 is 0 Å². The molecule has 6 nitrogen and oxygen atoms in total. The molecular weight excluding hydrogens is 545 g/mol. The standard InChI is InChI=1S/C21H21F2IO6S/c1-12-9-17(23)21(19(27)28,31(29,30)8-2-3-13-4-5-13)11-20(12,18(25)26)15-7-6-14(24)10-16(15)22/h2-3,6-7,9-10,12-13H,4-5,8,11H2,1H3,(H,25,26)(H,27,28). The first-order valence-electron chi connectivity index (χ1n) is 9.57. The maximum atomic E-state index is 15.2. The average molecular weight is 566 g/mol. The molecular formula is C21H21F2IO6S. The van der Waals surface area contributed by atoms with Gasteiger partial charge in [0, 0.05) is 15.6 Å². The summed E-state index contributed by atoms with van der Waals surface area (Å²) in [4.78, 5) is 24.7. The van der Waals surface area contributed by atoms with Crippen molar-refractivity contribution in [3.8, 4) is 0 Å². The molecule has 2 N–H and O–H groups in total. The normalized spacial score (nSPS) is 29.0.